The van der Waals surface area contributed by atoms with Gasteiger partial charge in [-0.15, -0.1) is 0 Å². The minimum atomic E-state index is -0.588. The van der Waals surface area contributed by atoms with Crippen molar-refractivity contribution in [1.29, 1.82) is 0 Å². The van der Waals surface area contributed by atoms with Crippen molar-refractivity contribution in [2.45, 2.75) is 33.7 Å². The minimum absolute atomic E-state index is 0.231. The van der Waals surface area contributed by atoms with E-state index in [4.69, 9.17) is 0 Å². The number of methoxy groups -OCH3 is 1. The van der Waals surface area contributed by atoms with E-state index in [1.54, 1.807) is 0 Å². The third-order valence-electron chi connectivity index (χ3n) is 1.65. The molecule has 0 unspecified atom stereocenters. The molecule has 13 heavy (non-hydrogen) atoms. The van der Waals surface area contributed by atoms with Crippen LogP contribution in [-0.2, 0) is 14.3 Å². The summed E-state index contributed by atoms with van der Waals surface area (Å²) in [6, 6.07) is -0.588. The van der Waals surface area contributed by atoms with Gasteiger partial charge in [0.1, 0.15) is 6.04 Å². The zero-order chi connectivity index (χ0) is 10.6. The summed E-state index contributed by atoms with van der Waals surface area (Å²) < 4.78 is 4.59. The molecule has 0 aromatic rings. The zero-order valence-corrected chi connectivity index (χ0v) is 8.80. The number of amides is 1. The molecule has 0 saturated carbocycles. The fourth-order valence-electron chi connectivity index (χ4n) is 0.950. The van der Waals surface area contributed by atoms with E-state index in [0.29, 0.717) is 0 Å². The van der Waals surface area contributed by atoms with Crippen molar-refractivity contribution in [3.8, 4) is 0 Å². The molecule has 0 aromatic heterocycles. The Kier molecular flexibility index (Phi) is 3.91. The van der Waals surface area contributed by atoms with Crippen LogP contribution in [-0.4, -0.2) is 25.0 Å². The first-order valence-corrected chi connectivity index (χ1v) is 4.14. The van der Waals surface area contributed by atoms with Crippen molar-refractivity contribution in [2.75, 3.05) is 7.11 Å². The second-order valence-corrected chi connectivity index (χ2v) is 4.02. The maximum Gasteiger partial charge on any atom is 0.328 e. The van der Waals surface area contributed by atoms with Crippen molar-refractivity contribution < 1.29 is 14.3 Å². The molecule has 0 saturated heterocycles. The van der Waals surface area contributed by atoms with E-state index in [1.165, 1.54) is 14.0 Å². The van der Waals surface area contributed by atoms with Crippen LogP contribution in [0.25, 0.3) is 0 Å². The summed E-state index contributed by atoms with van der Waals surface area (Å²) in [4.78, 5) is 22.1. The van der Waals surface area contributed by atoms with Gasteiger partial charge < -0.3 is 10.1 Å². The fraction of sp³-hybridized carbons (Fsp3) is 0.778. The van der Waals surface area contributed by atoms with E-state index in [2.05, 4.69) is 10.1 Å². The van der Waals surface area contributed by atoms with Crippen molar-refractivity contribution in [2.24, 2.45) is 5.41 Å². The molecule has 1 atom stereocenters. The first-order valence-electron chi connectivity index (χ1n) is 4.14. The molecular formula is C9H17NO3. The lowest BCUT2D eigenvalue weighted by Crippen LogP contribution is -2.48. The van der Waals surface area contributed by atoms with Gasteiger partial charge in [-0.3, -0.25) is 4.79 Å². The van der Waals surface area contributed by atoms with Gasteiger partial charge in [0.25, 0.3) is 0 Å². The zero-order valence-electron chi connectivity index (χ0n) is 8.80. The summed E-state index contributed by atoms with van der Waals surface area (Å²) in [7, 11) is 1.31. The summed E-state index contributed by atoms with van der Waals surface area (Å²) in [6.45, 7) is 6.97. The van der Waals surface area contributed by atoms with Crippen molar-refractivity contribution in [3.05, 3.63) is 0 Å². The number of carbonyl (C=O) groups excluding carboxylic acids is 2. The van der Waals surface area contributed by atoms with Gasteiger partial charge in [-0.2, -0.15) is 0 Å². The van der Waals surface area contributed by atoms with E-state index in [0.717, 1.165) is 0 Å². The number of esters is 1. The highest BCUT2D eigenvalue weighted by molar-refractivity contribution is 5.83. The summed E-state index contributed by atoms with van der Waals surface area (Å²) in [6.07, 6.45) is 0. The number of hydrogen-bond acceptors (Lipinski definition) is 3. The first kappa shape index (κ1) is 11.9. The van der Waals surface area contributed by atoms with Crippen LogP contribution >= 0.6 is 0 Å². The standard InChI is InChI=1S/C9H17NO3/c1-6(11)10-7(8(12)13-5)9(2,3)4/h7H,1-5H3,(H,10,11)/t7-/m0/s1. The molecule has 0 spiro atoms. The third kappa shape index (κ3) is 3.92. The smallest absolute Gasteiger partial charge is 0.328 e. The molecule has 0 heterocycles. The average molecular weight is 187 g/mol. The summed E-state index contributed by atoms with van der Waals surface area (Å²) >= 11 is 0. The van der Waals surface area contributed by atoms with Crippen molar-refractivity contribution >= 4 is 11.9 Å². The highest BCUT2D eigenvalue weighted by Gasteiger charge is 2.32. The third-order valence-corrected chi connectivity index (χ3v) is 1.65. The van der Waals surface area contributed by atoms with Crippen LogP contribution in [0, 0.1) is 5.41 Å². The maximum atomic E-state index is 11.3. The normalized spacial score (nSPS) is 13.3. The van der Waals surface area contributed by atoms with Crippen LogP contribution in [0.5, 0.6) is 0 Å². The second kappa shape index (κ2) is 4.25. The monoisotopic (exact) mass is 187 g/mol. The van der Waals surface area contributed by atoms with Gasteiger partial charge in [0.15, 0.2) is 0 Å². The molecule has 4 heteroatoms. The topological polar surface area (TPSA) is 55.4 Å². The molecule has 0 bridgehead atoms. The Hall–Kier alpha value is -1.06. The number of ether oxygens (including phenoxy) is 1. The molecular weight excluding hydrogens is 170 g/mol. The van der Waals surface area contributed by atoms with Gasteiger partial charge in [-0.25, -0.2) is 4.79 Å². The predicted octanol–water partition coefficient (Wildman–Crippen LogP) is 0.710. The maximum absolute atomic E-state index is 11.3. The molecule has 0 aliphatic carbocycles. The van der Waals surface area contributed by atoms with E-state index < -0.39 is 12.0 Å². The molecule has 0 fully saturated rings. The Labute approximate surface area is 78.6 Å². The Morgan fingerprint density at radius 3 is 2.00 bits per heavy atom. The van der Waals surface area contributed by atoms with E-state index in [-0.39, 0.29) is 11.3 Å². The van der Waals surface area contributed by atoms with Gasteiger partial charge in [-0.05, 0) is 5.41 Å². The number of carbonyl (C=O) groups is 2. The van der Waals surface area contributed by atoms with Gasteiger partial charge in [0, 0.05) is 6.92 Å². The summed E-state index contributed by atoms with van der Waals surface area (Å²) in [5, 5.41) is 2.56. The molecule has 0 aliphatic rings. The molecule has 1 amide bonds. The van der Waals surface area contributed by atoms with E-state index in [1.807, 2.05) is 20.8 Å². The van der Waals surface area contributed by atoms with Gasteiger partial charge in [-0.1, -0.05) is 20.8 Å². The predicted molar refractivity (Wildman–Crippen MR) is 49.1 cm³/mol. The number of hydrogen-bond donors (Lipinski definition) is 1. The Bertz CT molecular complexity index is 205. The quantitative estimate of drug-likeness (QED) is 0.648. The van der Waals surface area contributed by atoms with Crippen molar-refractivity contribution in [1.82, 2.24) is 5.32 Å². The molecule has 0 aromatic carbocycles. The largest absolute Gasteiger partial charge is 0.467 e. The van der Waals surface area contributed by atoms with Gasteiger partial charge >= 0.3 is 5.97 Å². The minimum Gasteiger partial charge on any atom is -0.467 e. The lowest BCUT2D eigenvalue weighted by atomic mass is 9.87. The second-order valence-electron chi connectivity index (χ2n) is 4.02. The Balaban J connectivity index is 4.56. The van der Waals surface area contributed by atoms with Crippen LogP contribution in [0.1, 0.15) is 27.7 Å². The summed E-state index contributed by atoms with van der Waals surface area (Å²) in [5.41, 5.74) is -0.335. The van der Waals surface area contributed by atoms with Crippen LogP contribution in [0.3, 0.4) is 0 Å². The highest BCUT2D eigenvalue weighted by atomic mass is 16.5. The van der Waals surface area contributed by atoms with Crippen LogP contribution in [0.2, 0.25) is 0 Å². The molecule has 0 aliphatic heterocycles. The Morgan fingerprint density at radius 1 is 1.31 bits per heavy atom. The molecule has 0 radical (unpaired) electrons. The molecule has 1 N–H and O–H groups in total. The van der Waals surface area contributed by atoms with Crippen LogP contribution in [0.15, 0.2) is 0 Å². The number of rotatable bonds is 2. The van der Waals surface area contributed by atoms with E-state index in [9.17, 15) is 9.59 Å². The highest BCUT2D eigenvalue weighted by Crippen LogP contribution is 2.20. The number of nitrogens with one attached hydrogen (secondary N) is 1. The molecule has 0 rings (SSSR count). The first-order chi connectivity index (χ1) is 5.79. The van der Waals surface area contributed by atoms with Crippen LogP contribution in [0.4, 0.5) is 0 Å². The average Bonchev–Trinajstić information content (AvgIpc) is 1.96. The summed E-state index contributed by atoms with van der Waals surface area (Å²) in [5.74, 6) is -0.645. The molecule has 4 nitrogen and oxygen atoms in total. The Morgan fingerprint density at radius 2 is 1.77 bits per heavy atom. The van der Waals surface area contributed by atoms with Crippen LogP contribution < -0.4 is 5.32 Å². The van der Waals surface area contributed by atoms with Gasteiger partial charge in [0.2, 0.25) is 5.91 Å². The van der Waals surface area contributed by atoms with E-state index >= 15 is 0 Å². The molecule has 76 valence electrons. The SMILES string of the molecule is COC(=O)[C@H](NC(C)=O)C(C)(C)C. The van der Waals surface area contributed by atoms with Gasteiger partial charge in [0.05, 0.1) is 7.11 Å². The fourth-order valence-corrected chi connectivity index (χ4v) is 0.950. The lowest BCUT2D eigenvalue weighted by Gasteiger charge is -2.28. The lowest BCUT2D eigenvalue weighted by molar-refractivity contribution is -0.148. The van der Waals surface area contributed by atoms with Crippen molar-refractivity contribution in [3.63, 3.8) is 0 Å².